The van der Waals surface area contributed by atoms with Crippen molar-refractivity contribution in [3.05, 3.63) is 59.7 Å². The molecule has 32 heavy (non-hydrogen) atoms. The van der Waals surface area contributed by atoms with E-state index in [1.165, 1.54) is 25.4 Å². The van der Waals surface area contributed by atoms with Gasteiger partial charge in [-0.05, 0) is 0 Å². The van der Waals surface area contributed by atoms with Crippen molar-refractivity contribution in [2.75, 3.05) is 12.0 Å². The quantitative estimate of drug-likeness (QED) is 0.673. The Kier molecular flexibility index (Phi) is 7.22. The summed E-state index contributed by atoms with van der Waals surface area (Å²) >= 11 is 0. The van der Waals surface area contributed by atoms with Gasteiger partial charge in [-0.1, -0.05) is 0 Å². The first-order valence-corrected chi connectivity index (χ1v) is 10.1. The number of hydrogen-bond donors (Lipinski definition) is 1. The normalized spacial score (nSPS) is 15.0. The first-order valence-electron chi connectivity index (χ1n) is 10.1. The number of benzene rings is 2. The number of nitrogens with zero attached hydrogens (tertiary/aromatic N) is 1. The molecule has 1 atom stereocenters. The minimum atomic E-state index is -4.67. The fourth-order valence-electron chi connectivity index (χ4n) is 3.84. The standard InChI is InChI=1S/C23H21F3N2O4/c1-32-19-11-4-6-15(12-19)21(22(31)27-17-8-2-3-9-17)28(20(30)14-29)18-10-5-7-16(13-18)23(24,25)26/h4-7,10-13,17,21H,2-3,8-9H2,1H3/p+1. The number of carbonyl (C=O) groups is 2. The minimum absolute atomic E-state index is 0.116. The molecule has 0 saturated heterocycles. The van der Waals surface area contributed by atoms with E-state index in [-0.39, 0.29) is 17.3 Å². The number of carbonyl (C=O) groups excluding carboxylic acids is 2. The molecule has 6 nitrogen and oxygen atoms in total. The van der Waals surface area contributed by atoms with Gasteiger partial charge in [-0.2, -0.15) is 0 Å². The Balaban J connectivity index is 2.12. The van der Waals surface area contributed by atoms with Gasteiger partial charge in [0.15, 0.2) is 0 Å². The molecule has 9 heteroatoms. The summed E-state index contributed by atoms with van der Waals surface area (Å²) < 4.78 is 56.4. The van der Waals surface area contributed by atoms with Crippen LogP contribution in [0.15, 0.2) is 48.5 Å². The van der Waals surface area contributed by atoms with E-state index in [1.54, 1.807) is 18.2 Å². The summed E-state index contributed by atoms with van der Waals surface area (Å²) in [5.41, 5.74) is -0.984. The second-order valence-electron chi connectivity index (χ2n) is 7.49. The van der Waals surface area contributed by atoms with E-state index >= 15 is 0 Å². The van der Waals surface area contributed by atoms with E-state index in [0.717, 1.165) is 48.8 Å². The van der Waals surface area contributed by atoms with E-state index in [2.05, 4.69) is 5.32 Å². The molecule has 0 aliphatic heterocycles. The van der Waals surface area contributed by atoms with E-state index in [9.17, 15) is 27.4 Å². The van der Waals surface area contributed by atoms with Crippen molar-refractivity contribution in [1.29, 1.82) is 0 Å². The summed E-state index contributed by atoms with van der Waals surface area (Å²) in [5.74, 6) is -1.49. The molecule has 1 aliphatic carbocycles. The Morgan fingerprint density at radius 3 is 2.47 bits per heavy atom. The van der Waals surface area contributed by atoms with Crippen LogP contribution in [0.2, 0.25) is 0 Å². The topological polar surface area (TPSA) is 78.5 Å². The molecule has 1 aliphatic rings. The van der Waals surface area contributed by atoms with Crippen LogP contribution in [0.25, 0.3) is 0 Å². The second kappa shape index (κ2) is 9.89. The van der Waals surface area contributed by atoms with Crippen molar-refractivity contribution in [2.24, 2.45) is 0 Å². The first-order chi connectivity index (χ1) is 15.2. The van der Waals surface area contributed by atoms with Crippen molar-refractivity contribution < 1.29 is 32.1 Å². The number of hydrogen-bond acceptors (Lipinski definition) is 3. The van der Waals surface area contributed by atoms with Crippen LogP contribution < -0.4 is 15.0 Å². The van der Waals surface area contributed by atoms with Gasteiger partial charge in [0.25, 0.3) is 0 Å². The molecule has 2 aromatic carbocycles. The predicted octanol–water partition coefficient (Wildman–Crippen LogP) is 4.24. The van der Waals surface area contributed by atoms with Crippen molar-refractivity contribution in [3.8, 4) is 11.9 Å². The molecule has 3 rings (SSSR count). The van der Waals surface area contributed by atoms with Crippen LogP contribution in [0.1, 0.15) is 42.9 Å². The van der Waals surface area contributed by atoms with Crippen molar-refractivity contribution in [2.45, 2.75) is 43.9 Å². The molecule has 1 saturated carbocycles. The van der Waals surface area contributed by atoms with Gasteiger partial charge in [-0.25, -0.2) is 0 Å². The number of alkyl halides is 3. The molecule has 0 heterocycles. The summed E-state index contributed by atoms with van der Waals surface area (Å²) in [5, 5.41) is 2.86. The zero-order valence-corrected chi connectivity index (χ0v) is 17.3. The van der Waals surface area contributed by atoms with Crippen molar-refractivity contribution in [3.63, 3.8) is 0 Å². The third kappa shape index (κ3) is 5.30. The number of anilines is 1. The maximum absolute atomic E-state index is 13.3. The van der Waals surface area contributed by atoms with Gasteiger partial charge in [0.05, 0.1) is 0 Å². The Labute approximate surface area is 183 Å². The third-order valence-electron chi connectivity index (χ3n) is 5.38. The molecular formula is C23H22F3N2O4+. The number of nitrogens with one attached hydrogen (secondary N) is 1. The van der Waals surface area contributed by atoms with Crippen LogP contribution in [0.4, 0.5) is 18.9 Å². The van der Waals surface area contributed by atoms with Crippen molar-refractivity contribution in [1.82, 2.24) is 5.32 Å². The molecule has 1 N–H and O–H groups in total. The number of halogens is 3. The van der Waals surface area contributed by atoms with Crippen LogP contribution in [-0.2, 0) is 20.4 Å². The molecule has 1 fully saturated rings. The molecule has 1 unspecified atom stereocenters. The van der Waals surface area contributed by atoms with Gasteiger partial charge in [-0.3, -0.25) is 0 Å². The van der Waals surface area contributed by atoms with Gasteiger partial charge in [0.1, 0.15) is 0 Å². The van der Waals surface area contributed by atoms with Crippen LogP contribution in [0.5, 0.6) is 5.75 Å². The van der Waals surface area contributed by atoms with Gasteiger partial charge < -0.3 is 0 Å². The fourth-order valence-corrected chi connectivity index (χ4v) is 3.84. The van der Waals surface area contributed by atoms with Gasteiger partial charge in [0.2, 0.25) is 0 Å². The molecule has 0 bridgehead atoms. The van der Waals surface area contributed by atoms with E-state index < -0.39 is 29.6 Å². The number of ether oxygens (including phenoxy) is 1. The molecule has 0 aromatic heterocycles. The fraction of sp³-hybridized carbons (Fsp3) is 0.348. The Morgan fingerprint density at radius 1 is 1.16 bits per heavy atom. The predicted molar refractivity (Wildman–Crippen MR) is 110 cm³/mol. The molecule has 0 radical (unpaired) electrons. The molecular weight excluding hydrogens is 425 g/mol. The second-order valence-corrected chi connectivity index (χ2v) is 7.49. The summed E-state index contributed by atoms with van der Waals surface area (Å²) in [6, 6.07) is 8.65. The average molecular weight is 447 g/mol. The zero-order valence-electron chi connectivity index (χ0n) is 17.3. The van der Waals surface area contributed by atoms with E-state index in [4.69, 9.17) is 4.74 Å². The average Bonchev–Trinajstić information content (AvgIpc) is 3.29. The van der Waals surface area contributed by atoms with Crippen LogP contribution in [-0.4, -0.2) is 25.0 Å². The third-order valence-corrected chi connectivity index (χ3v) is 5.38. The Morgan fingerprint density at radius 2 is 1.84 bits per heavy atom. The first kappa shape index (κ1) is 23.4. The monoisotopic (exact) mass is 447 g/mol. The molecule has 0 spiro atoms. The van der Waals surface area contributed by atoms with Crippen LogP contribution in [0.3, 0.4) is 0 Å². The van der Waals surface area contributed by atoms with E-state index in [1.807, 2.05) is 0 Å². The van der Waals surface area contributed by atoms with Crippen molar-refractivity contribution >= 4 is 17.5 Å². The van der Waals surface area contributed by atoms with Gasteiger partial charge in [-0.15, -0.1) is 0 Å². The summed E-state index contributed by atoms with van der Waals surface area (Å²) in [6.45, 7) is 0. The molecule has 2 aromatic rings. The summed E-state index contributed by atoms with van der Waals surface area (Å²) in [6.07, 6.45) is -0.0889. The SMILES string of the molecule is COc1cccc(C(C(=O)NC2CCCC2)N(C(=O)C#[O+])c2cccc(C(F)(F)F)c2)c1. The van der Waals surface area contributed by atoms with Gasteiger partial charge >= 0.3 is 182 Å². The molecule has 2 amide bonds. The maximum atomic E-state index is 13.3. The van der Waals surface area contributed by atoms with E-state index in [0.29, 0.717) is 5.75 Å². The molecule has 168 valence electrons. The summed E-state index contributed by atoms with van der Waals surface area (Å²) in [4.78, 5) is 26.6. The van der Waals surface area contributed by atoms with Crippen LogP contribution in [0, 0.1) is 6.15 Å². The zero-order chi connectivity index (χ0) is 23.3. The van der Waals surface area contributed by atoms with Crippen LogP contribution >= 0.6 is 0 Å². The number of amides is 2. The Hall–Kier alpha value is -3.29. The number of methoxy groups -OCH3 is 1. The summed E-state index contributed by atoms with van der Waals surface area (Å²) in [7, 11) is 1.42. The number of rotatable bonds is 6. The Bertz CT molecular complexity index is 1030. The van der Waals surface area contributed by atoms with Gasteiger partial charge in [0, 0.05) is 0 Å².